The summed E-state index contributed by atoms with van der Waals surface area (Å²) in [4.78, 5) is 21.2. The fourth-order valence-electron chi connectivity index (χ4n) is 3.65. The number of carbonyl (C=O) groups excluding carboxylic acids is 1. The molecule has 28 heavy (non-hydrogen) atoms. The van der Waals surface area contributed by atoms with E-state index >= 15 is 0 Å². The number of nitriles is 1. The molecule has 0 radical (unpaired) electrons. The lowest BCUT2D eigenvalue weighted by Gasteiger charge is -2.35. The smallest absolute Gasteiger partial charge is 0.227 e. The van der Waals surface area contributed by atoms with Crippen LogP contribution in [0.1, 0.15) is 22.3 Å². The van der Waals surface area contributed by atoms with Gasteiger partial charge in [0.25, 0.3) is 0 Å². The molecule has 0 N–H and O–H groups in total. The number of aromatic nitrogens is 1. The zero-order valence-corrected chi connectivity index (χ0v) is 16.1. The Kier molecular flexibility index (Phi) is 4.74. The Morgan fingerprint density at radius 3 is 2.75 bits per heavy atom. The first kappa shape index (κ1) is 18.1. The number of pyridine rings is 1. The zero-order chi connectivity index (χ0) is 19.7. The van der Waals surface area contributed by atoms with Crippen LogP contribution < -0.4 is 4.90 Å². The topological polar surface area (TPSA) is 73.4 Å². The van der Waals surface area contributed by atoms with E-state index in [1.54, 1.807) is 24.6 Å². The van der Waals surface area contributed by atoms with Crippen LogP contribution in [0.15, 0.2) is 41.1 Å². The van der Waals surface area contributed by atoms with Gasteiger partial charge in [-0.3, -0.25) is 4.79 Å². The number of benzene rings is 1. The molecule has 0 aliphatic carbocycles. The number of anilines is 1. The van der Waals surface area contributed by atoms with Gasteiger partial charge in [-0.15, -0.1) is 0 Å². The predicted octanol–water partition coefficient (Wildman–Crippen LogP) is 3.21. The maximum absolute atomic E-state index is 12.8. The predicted molar refractivity (Wildman–Crippen MR) is 107 cm³/mol. The number of nitrogens with zero attached hydrogens (tertiary/aromatic N) is 4. The Morgan fingerprint density at radius 2 is 2.00 bits per heavy atom. The van der Waals surface area contributed by atoms with Gasteiger partial charge in [-0.1, -0.05) is 12.1 Å². The van der Waals surface area contributed by atoms with Gasteiger partial charge in [0.15, 0.2) is 0 Å². The van der Waals surface area contributed by atoms with Gasteiger partial charge in [0.2, 0.25) is 5.91 Å². The van der Waals surface area contributed by atoms with Gasteiger partial charge in [-0.25, -0.2) is 4.98 Å². The summed E-state index contributed by atoms with van der Waals surface area (Å²) in [6, 6.07) is 9.74. The highest BCUT2D eigenvalue weighted by Gasteiger charge is 2.23. The molecule has 142 valence electrons. The van der Waals surface area contributed by atoms with Crippen molar-refractivity contribution in [3.63, 3.8) is 0 Å². The number of carbonyl (C=O) groups is 1. The average Bonchev–Trinajstić information content (AvgIpc) is 3.14. The van der Waals surface area contributed by atoms with E-state index in [2.05, 4.69) is 28.9 Å². The lowest BCUT2D eigenvalue weighted by Crippen LogP contribution is -2.49. The van der Waals surface area contributed by atoms with Gasteiger partial charge in [0.1, 0.15) is 11.4 Å². The monoisotopic (exact) mass is 374 g/mol. The summed E-state index contributed by atoms with van der Waals surface area (Å²) < 4.78 is 5.73. The Balaban J connectivity index is 1.42. The maximum atomic E-state index is 12.8. The molecule has 3 heterocycles. The minimum atomic E-state index is 0.110. The Labute approximate surface area is 164 Å². The molecule has 6 heteroatoms. The van der Waals surface area contributed by atoms with Crippen LogP contribution in [0.2, 0.25) is 0 Å². The van der Waals surface area contributed by atoms with Gasteiger partial charge >= 0.3 is 0 Å². The lowest BCUT2D eigenvalue weighted by molar-refractivity contribution is -0.130. The van der Waals surface area contributed by atoms with Crippen LogP contribution >= 0.6 is 0 Å². The molecule has 4 rings (SSSR count). The fourth-order valence-corrected chi connectivity index (χ4v) is 3.65. The molecule has 3 aromatic rings. The minimum Gasteiger partial charge on any atom is -0.464 e. The number of piperazine rings is 1. The number of rotatable bonds is 3. The first-order valence-corrected chi connectivity index (χ1v) is 9.42. The van der Waals surface area contributed by atoms with E-state index in [9.17, 15) is 4.79 Å². The summed E-state index contributed by atoms with van der Waals surface area (Å²) >= 11 is 0. The fraction of sp³-hybridized carbons (Fsp3) is 0.318. The first-order valence-electron chi connectivity index (χ1n) is 9.42. The molecule has 1 amide bonds. The molecule has 1 aliphatic rings. The standard InChI is InChI=1S/C22H22N4O2/c1-15-3-4-19-18(14-28-22(19)16(15)2)12-21(27)26-9-7-25(8-10-26)20-11-17(13-23)5-6-24-20/h3-6,11,14H,7-10,12H2,1-2H3. The van der Waals surface area contributed by atoms with E-state index in [1.165, 1.54) is 5.56 Å². The zero-order valence-electron chi connectivity index (χ0n) is 16.1. The number of fused-ring (bicyclic) bond motifs is 1. The second-order valence-corrected chi connectivity index (χ2v) is 7.20. The third-order valence-electron chi connectivity index (χ3n) is 5.51. The highest BCUT2D eigenvalue weighted by Crippen LogP contribution is 2.27. The maximum Gasteiger partial charge on any atom is 0.227 e. The Hall–Kier alpha value is -3.33. The quantitative estimate of drug-likeness (QED) is 0.704. The molecular weight excluding hydrogens is 352 g/mol. The van der Waals surface area contributed by atoms with Crippen LogP contribution in [-0.2, 0) is 11.2 Å². The number of aryl methyl sites for hydroxylation is 2. The van der Waals surface area contributed by atoms with E-state index in [0.29, 0.717) is 38.2 Å². The second kappa shape index (κ2) is 7.35. The molecular formula is C22H22N4O2. The number of furan rings is 1. The number of hydrogen-bond donors (Lipinski definition) is 0. The van der Waals surface area contributed by atoms with Gasteiger partial charge in [-0.2, -0.15) is 5.26 Å². The van der Waals surface area contributed by atoms with Crippen LogP contribution in [0.25, 0.3) is 11.0 Å². The van der Waals surface area contributed by atoms with Crippen molar-refractivity contribution in [3.05, 3.63) is 59.0 Å². The highest BCUT2D eigenvalue weighted by atomic mass is 16.3. The van der Waals surface area contributed by atoms with Crippen molar-refractivity contribution >= 4 is 22.7 Å². The van der Waals surface area contributed by atoms with Crippen molar-refractivity contribution in [1.29, 1.82) is 5.26 Å². The van der Waals surface area contributed by atoms with Crippen molar-refractivity contribution in [1.82, 2.24) is 9.88 Å². The SMILES string of the molecule is Cc1ccc2c(CC(=O)N3CCN(c4cc(C#N)ccn4)CC3)coc2c1C. The molecule has 0 saturated carbocycles. The van der Waals surface area contributed by atoms with E-state index in [1.807, 2.05) is 17.9 Å². The summed E-state index contributed by atoms with van der Waals surface area (Å²) in [6.45, 7) is 6.80. The van der Waals surface area contributed by atoms with Crippen molar-refractivity contribution in [2.75, 3.05) is 31.1 Å². The molecule has 1 aliphatic heterocycles. The Morgan fingerprint density at radius 1 is 1.21 bits per heavy atom. The first-order chi connectivity index (χ1) is 13.6. The molecule has 6 nitrogen and oxygen atoms in total. The third-order valence-corrected chi connectivity index (χ3v) is 5.51. The highest BCUT2D eigenvalue weighted by molar-refractivity contribution is 5.89. The molecule has 0 bridgehead atoms. The second-order valence-electron chi connectivity index (χ2n) is 7.20. The molecule has 1 saturated heterocycles. The minimum absolute atomic E-state index is 0.110. The molecule has 1 fully saturated rings. The van der Waals surface area contributed by atoms with E-state index in [4.69, 9.17) is 9.68 Å². The van der Waals surface area contributed by atoms with Gasteiger partial charge in [0, 0.05) is 43.3 Å². The summed E-state index contributed by atoms with van der Waals surface area (Å²) in [5, 5.41) is 10.1. The average molecular weight is 374 g/mol. The largest absolute Gasteiger partial charge is 0.464 e. The van der Waals surface area contributed by atoms with Crippen molar-refractivity contribution in [2.45, 2.75) is 20.3 Å². The summed E-state index contributed by atoms with van der Waals surface area (Å²) in [6.07, 6.45) is 3.71. The van der Waals surface area contributed by atoms with E-state index < -0.39 is 0 Å². The molecule has 0 spiro atoms. The molecule has 0 unspecified atom stereocenters. The van der Waals surface area contributed by atoms with E-state index in [-0.39, 0.29) is 5.91 Å². The summed E-state index contributed by atoms with van der Waals surface area (Å²) in [5.41, 5.74) is 4.72. The van der Waals surface area contributed by atoms with Crippen LogP contribution in [0, 0.1) is 25.2 Å². The number of hydrogen-bond acceptors (Lipinski definition) is 5. The lowest BCUT2D eigenvalue weighted by atomic mass is 10.0. The molecule has 0 atom stereocenters. The van der Waals surface area contributed by atoms with Gasteiger partial charge < -0.3 is 14.2 Å². The third kappa shape index (κ3) is 3.31. The normalized spacial score (nSPS) is 14.3. The van der Waals surface area contributed by atoms with Crippen molar-refractivity contribution in [3.8, 4) is 6.07 Å². The van der Waals surface area contributed by atoms with Crippen molar-refractivity contribution in [2.24, 2.45) is 0 Å². The van der Waals surface area contributed by atoms with Crippen LogP contribution in [0.5, 0.6) is 0 Å². The molecule has 2 aromatic heterocycles. The number of amides is 1. The summed E-state index contributed by atoms with van der Waals surface area (Å²) in [7, 11) is 0. The van der Waals surface area contributed by atoms with E-state index in [0.717, 1.165) is 27.9 Å². The van der Waals surface area contributed by atoms with Gasteiger partial charge in [-0.05, 0) is 37.1 Å². The molecule has 1 aromatic carbocycles. The van der Waals surface area contributed by atoms with Gasteiger partial charge in [0.05, 0.1) is 24.3 Å². The van der Waals surface area contributed by atoms with Crippen LogP contribution in [0.3, 0.4) is 0 Å². The van der Waals surface area contributed by atoms with Crippen LogP contribution in [-0.4, -0.2) is 42.0 Å². The summed E-state index contributed by atoms with van der Waals surface area (Å²) in [5.74, 6) is 0.900. The van der Waals surface area contributed by atoms with Crippen LogP contribution in [0.4, 0.5) is 5.82 Å². The van der Waals surface area contributed by atoms with Crippen molar-refractivity contribution < 1.29 is 9.21 Å². The Bertz CT molecular complexity index is 1070.